The lowest BCUT2D eigenvalue weighted by Crippen LogP contribution is -2.02. The first-order valence-corrected chi connectivity index (χ1v) is 6.89. The molecule has 0 bridgehead atoms. The van der Waals surface area contributed by atoms with E-state index in [1.165, 1.54) is 37.9 Å². The van der Waals surface area contributed by atoms with E-state index in [1.807, 2.05) is 0 Å². The zero-order chi connectivity index (χ0) is 12.5. The third kappa shape index (κ3) is 4.84. The van der Waals surface area contributed by atoms with E-state index in [9.17, 15) is 4.39 Å². The first-order chi connectivity index (χ1) is 8.29. The Bertz CT molecular complexity index is 312. The molecule has 0 N–H and O–H groups in total. The van der Waals surface area contributed by atoms with Gasteiger partial charge in [-0.1, -0.05) is 46.0 Å². The molecule has 0 fully saturated rings. The minimum atomic E-state index is -0.0889. The number of hydrogen-bond acceptors (Lipinski definition) is 1. The Hall–Kier alpha value is -0.920. The predicted octanol–water partition coefficient (Wildman–Crippen LogP) is 5.07. The van der Waals surface area contributed by atoms with Crippen LogP contribution < -0.4 is 0 Å². The standard InChI is InChI=1S/C15H24FN/c1-3-5-6-7-9-13(8-4-2)14-12-17-11-10-15(14)16/h10-13H,3-9H2,1-2H3. The number of hydrogen-bond donors (Lipinski definition) is 0. The molecule has 0 aliphatic rings. The van der Waals surface area contributed by atoms with Crippen molar-refractivity contribution in [3.63, 3.8) is 0 Å². The van der Waals surface area contributed by atoms with E-state index in [4.69, 9.17) is 0 Å². The first kappa shape index (κ1) is 14.1. The molecule has 0 aromatic carbocycles. The highest BCUT2D eigenvalue weighted by molar-refractivity contribution is 5.17. The van der Waals surface area contributed by atoms with Gasteiger partial charge in [-0.15, -0.1) is 0 Å². The van der Waals surface area contributed by atoms with Crippen LogP contribution in [0.25, 0.3) is 0 Å². The molecule has 0 amide bonds. The SMILES string of the molecule is CCCCCCC(CCC)c1cnccc1F. The molecule has 0 saturated carbocycles. The maximum atomic E-state index is 13.7. The van der Waals surface area contributed by atoms with Crippen LogP contribution in [0.5, 0.6) is 0 Å². The molecule has 1 nitrogen and oxygen atoms in total. The van der Waals surface area contributed by atoms with Crippen LogP contribution >= 0.6 is 0 Å². The van der Waals surface area contributed by atoms with Crippen LogP contribution in [0.3, 0.4) is 0 Å². The minimum absolute atomic E-state index is 0.0889. The third-order valence-electron chi connectivity index (χ3n) is 3.28. The Morgan fingerprint density at radius 2 is 1.94 bits per heavy atom. The minimum Gasteiger partial charge on any atom is -0.264 e. The quantitative estimate of drug-likeness (QED) is 0.575. The van der Waals surface area contributed by atoms with Gasteiger partial charge in [0.15, 0.2) is 0 Å². The van der Waals surface area contributed by atoms with Crippen molar-refractivity contribution < 1.29 is 4.39 Å². The lowest BCUT2D eigenvalue weighted by molar-refractivity contribution is 0.493. The second-order valence-corrected chi connectivity index (χ2v) is 4.73. The van der Waals surface area contributed by atoms with Crippen LogP contribution in [0.15, 0.2) is 18.5 Å². The molecule has 0 radical (unpaired) electrons. The normalized spacial score (nSPS) is 12.6. The molecular weight excluding hydrogens is 213 g/mol. The summed E-state index contributed by atoms with van der Waals surface area (Å²) in [5.41, 5.74) is 0.811. The fraction of sp³-hybridized carbons (Fsp3) is 0.667. The maximum absolute atomic E-state index is 13.7. The summed E-state index contributed by atoms with van der Waals surface area (Å²) < 4.78 is 13.7. The molecule has 2 heteroatoms. The average molecular weight is 237 g/mol. The Labute approximate surface area is 104 Å². The van der Waals surface area contributed by atoms with Crippen LogP contribution in [-0.4, -0.2) is 4.98 Å². The number of aromatic nitrogens is 1. The highest BCUT2D eigenvalue weighted by atomic mass is 19.1. The zero-order valence-corrected chi connectivity index (χ0v) is 11.1. The fourth-order valence-corrected chi connectivity index (χ4v) is 2.31. The Morgan fingerprint density at radius 1 is 1.12 bits per heavy atom. The van der Waals surface area contributed by atoms with E-state index >= 15 is 0 Å². The first-order valence-electron chi connectivity index (χ1n) is 6.89. The molecule has 1 heterocycles. The monoisotopic (exact) mass is 237 g/mol. The highest BCUT2D eigenvalue weighted by Crippen LogP contribution is 2.28. The molecule has 1 aromatic rings. The third-order valence-corrected chi connectivity index (χ3v) is 3.28. The summed E-state index contributed by atoms with van der Waals surface area (Å²) in [6, 6.07) is 1.48. The van der Waals surface area contributed by atoms with Gasteiger partial charge in [-0.3, -0.25) is 4.98 Å². The Morgan fingerprint density at radius 3 is 2.59 bits per heavy atom. The average Bonchev–Trinajstić information content (AvgIpc) is 2.34. The van der Waals surface area contributed by atoms with Gasteiger partial charge in [-0.25, -0.2) is 4.39 Å². The number of rotatable bonds is 8. The van der Waals surface area contributed by atoms with Crippen molar-refractivity contribution in [1.29, 1.82) is 0 Å². The van der Waals surface area contributed by atoms with Gasteiger partial charge in [0, 0.05) is 18.0 Å². The van der Waals surface area contributed by atoms with Crippen molar-refractivity contribution in [3.05, 3.63) is 29.8 Å². The van der Waals surface area contributed by atoms with Gasteiger partial charge in [0.2, 0.25) is 0 Å². The highest BCUT2D eigenvalue weighted by Gasteiger charge is 2.14. The Balaban J connectivity index is 2.56. The molecule has 0 aliphatic carbocycles. The van der Waals surface area contributed by atoms with Gasteiger partial charge in [-0.2, -0.15) is 0 Å². The molecule has 1 unspecified atom stereocenters. The van der Waals surface area contributed by atoms with Gasteiger partial charge < -0.3 is 0 Å². The van der Waals surface area contributed by atoms with E-state index in [2.05, 4.69) is 18.8 Å². The van der Waals surface area contributed by atoms with Crippen LogP contribution in [0.1, 0.15) is 70.3 Å². The molecular formula is C15H24FN. The van der Waals surface area contributed by atoms with Gasteiger partial charge in [-0.05, 0) is 24.8 Å². The summed E-state index contributed by atoms with van der Waals surface area (Å²) in [5.74, 6) is 0.263. The number of nitrogens with zero attached hydrogens (tertiary/aromatic N) is 1. The van der Waals surface area contributed by atoms with Crippen molar-refractivity contribution in [2.45, 2.75) is 64.7 Å². The second-order valence-electron chi connectivity index (χ2n) is 4.73. The van der Waals surface area contributed by atoms with Crippen molar-refractivity contribution in [2.24, 2.45) is 0 Å². The topological polar surface area (TPSA) is 12.9 Å². The van der Waals surface area contributed by atoms with Crippen molar-refractivity contribution >= 4 is 0 Å². The van der Waals surface area contributed by atoms with Gasteiger partial charge in [0.05, 0.1) is 0 Å². The summed E-state index contributed by atoms with van der Waals surface area (Å²) in [6.45, 7) is 4.37. The van der Waals surface area contributed by atoms with Crippen LogP contribution in [0.4, 0.5) is 4.39 Å². The van der Waals surface area contributed by atoms with Gasteiger partial charge in [0.1, 0.15) is 5.82 Å². The van der Waals surface area contributed by atoms with Crippen LogP contribution in [0.2, 0.25) is 0 Å². The molecule has 1 rings (SSSR count). The van der Waals surface area contributed by atoms with Gasteiger partial charge in [0.25, 0.3) is 0 Å². The zero-order valence-electron chi connectivity index (χ0n) is 11.1. The van der Waals surface area contributed by atoms with Crippen molar-refractivity contribution in [2.75, 3.05) is 0 Å². The summed E-state index contributed by atoms with van der Waals surface area (Å²) in [7, 11) is 0. The molecule has 0 spiro atoms. The molecule has 96 valence electrons. The van der Waals surface area contributed by atoms with Crippen LogP contribution in [-0.2, 0) is 0 Å². The number of halogens is 1. The maximum Gasteiger partial charge on any atom is 0.129 e. The fourth-order valence-electron chi connectivity index (χ4n) is 2.31. The summed E-state index contributed by atoms with van der Waals surface area (Å²) in [4.78, 5) is 4.05. The summed E-state index contributed by atoms with van der Waals surface area (Å²) in [6.07, 6.45) is 11.5. The van der Waals surface area contributed by atoms with E-state index in [0.717, 1.165) is 24.8 Å². The number of unbranched alkanes of at least 4 members (excludes halogenated alkanes) is 3. The summed E-state index contributed by atoms with van der Waals surface area (Å²) >= 11 is 0. The molecule has 0 saturated heterocycles. The smallest absolute Gasteiger partial charge is 0.129 e. The molecule has 17 heavy (non-hydrogen) atoms. The molecule has 1 aromatic heterocycles. The van der Waals surface area contributed by atoms with Crippen LogP contribution in [0, 0.1) is 5.82 Å². The lowest BCUT2D eigenvalue weighted by atomic mass is 9.90. The second kappa shape index (κ2) is 8.21. The molecule has 1 atom stereocenters. The van der Waals surface area contributed by atoms with E-state index in [-0.39, 0.29) is 5.82 Å². The summed E-state index contributed by atoms with van der Waals surface area (Å²) in [5, 5.41) is 0. The van der Waals surface area contributed by atoms with E-state index in [0.29, 0.717) is 5.92 Å². The number of pyridine rings is 1. The van der Waals surface area contributed by atoms with Crippen molar-refractivity contribution in [3.8, 4) is 0 Å². The van der Waals surface area contributed by atoms with E-state index < -0.39 is 0 Å². The predicted molar refractivity (Wildman–Crippen MR) is 70.6 cm³/mol. The largest absolute Gasteiger partial charge is 0.264 e. The van der Waals surface area contributed by atoms with Gasteiger partial charge >= 0.3 is 0 Å². The van der Waals surface area contributed by atoms with Crippen molar-refractivity contribution in [1.82, 2.24) is 4.98 Å². The lowest BCUT2D eigenvalue weighted by Gasteiger charge is -2.16. The van der Waals surface area contributed by atoms with E-state index in [1.54, 1.807) is 6.20 Å². The molecule has 0 aliphatic heterocycles. The Kier molecular flexibility index (Phi) is 6.83.